The number of nitrogens with two attached hydrogens (primary N) is 1. The van der Waals surface area contributed by atoms with Crippen LogP contribution < -0.4 is 5.73 Å². The molecule has 0 aliphatic carbocycles. The van der Waals surface area contributed by atoms with Gasteiger partial charge in [-0.25, -0.2) is 4.39 Å². The molecule has 0 spiro atoms. The Kier molecular flexibility index (Phi) is 6.09. The molecule has 1 unspecified atom stereocenters. The van der Waals surface area contributed by atoms with Crippen LogP contribution in [0.3, 0.4) is 0 Å². The Morgan fingerprint density at radius 3 is 2.44 bits per heavy atom. The molecule has 0 radical (unpaired) electrons. The van der Waals surface area contributed by atoms with Crippen molar-refractivity contribution in [2.24, 2.45) is 11.1 Å². The van der Waals surface area contributed by atoms with Crippen LogP contribution in [0.4, 0.5) is 4.39 Å². The highest BCUT2D eigenvalue weighted by Crippen LogP contribution is 2.30. The van der Waals surface area contributed by atoms with E-state index >= 15 is 0 Å². The van der Waals surface area contributed by atoms with Crippen LogP contribution in [0.5, 0.6) is 0 Å². The molecule has 25 heavy (non-hydrogen) atoms. The molecular weight excluding hydrogens is 362 g/mol. The summed E-state index contributed by atoms with van der Waals surface area (Å²) in [4.78, 5) is 14.3. The summed E-state index contributed by atoms with van der Waals surface area (Å²) < 4.78 is 14.5. The van der Waals surface area contributed by atoms with Crippen molar-refractivity contribution < 1.29 is 9.18 Å². The number of rotatable bonds is 3. The predicted octanol–water partition coefficient (Wildman–Crippen LogP) is 4.38. The highest BCUT2D eigenvalue weighted by atomic mass is 35.5. The SMILES string of the molecule is CC1(CN)CCN(C(=O)c2ccc(-c3ccc(Cl)cc3)cc2F)C1.Cl. The first-order valence-electron chi connectivity index (χ1n) is 7.97. The fourth-order valence-corrected chi connectivity index (χ4v) is 3.17. The number of halogens is 3. The van der Waals surface area contributed by atoms with E-state index in [2.05, 4.69) is 6.92 Å². The Hall–Kier alpha value is -1.62. The lowest BCUT2D eigenvalue weighted by Gasteiger charge is -2.22. The molecule has 0 bridgehead atoms. The fourth-order valence-electron chi connectivity index (χ4n) is 3.04. The van der Waals surface area contributed by atoms with Crippen LogP contribution in [0, 0.1) is 11.2 Å². The van der Waals surface area contributed by atoms with Crippen LogP contribution in [-0.4, -0.2) is 30.4 Å². The molecule has 6 heteroatoms. The smallest absolute Gasteiger partial charge is 0.256 e. The van der Waals surface area contributed by atoms with Gasteiger partial charge in [0, 0.05) is 18.1 Å². The zero-order valence-electron chi connectivity index (χ0n) is 14.0. The molecule has 1 amide bonds. The van der Waals surface area contributed by atoms with Crippen molar-refractivity contribution in [3.63, 3.8) is 0 Å². The molecule has 2 aromatic rings. The minimum atomic E-state index is -0.506. The van der Waals surface area contributed by atoms with Crippen molar-refractivity contribution >= 4 is 29.9 Å². The van der Waals surface area contributed by atoms with Gasteiger partial charge in [0.1, 0.15) is 5.82 Å². The third-order valence-corrected chi connectivity index (χ3v) is 4.97. The Morgan fingerprint density at radius 2 is 1.88 bits per heavy atom. The number of hydrogen-bond donors (Lipinski definition) is 1. The summed E-state index contributed by atoms with van der Waals surface area (Å²) in [5.41, 5.74) is 7.38. The maximum Gasteiger partial charge on any atom is 0.256 e. The molecule has 1 saturated heterocycles. The number of carbonyl (C=O) groups is 1. The minimum absolute atomic E-state index is 0. The normalized spacial score (nSPS) is 19.6. The van der Waals surface area contributed by atoms with Crippen LogP contribution >= 0.6 is 24.0 Å². The van der Waals surface area contributed by atoms with Gasteiger partial charge < -0.3 is 10.6 Å². The van der Waals surface area contributed by atoms with Gasteiger partial charge in [0.25, 0.3) is 5.91 Å². The van der Waals surface area contributed by atoms with Crippen molar-refractivity contribution in [2.45, 2.75) is 13.3 Å². The Bertz CT molecular complexity index is 767. The van der Waals surface area contributed by atoms with E-state index < -0.39 is 5.82 Å². The van der Waals surface area contributed by atoms with Gasteiger partial charge in [-0.1, -0.05) is 36.7 Å². The molecular formula is C19H21Cl2FN2O. The summed E-state index contributed by atoms with van der Waals surface area (Å²) in [6.45, 7) is 3.76. The lowest BCUT2D eigenvalue weighted by atomic mass is 9.90. The van der Waals surface area contributed by atoms with Gasteiger partial charge in [-0.2, -0.15) is 0 Å². The van der Waals surface area contributed by atoms with E-state index in [0.717, 1.165) is 12.0 Å². The molecule has 0 saturated carbocycles. The third-order valence-electron chi connectivity index (χ3n) is 4.71. The molecule has 1 aliphatic rings. The van der Waals surface area contributed by atoms with Gasteiger partial charge >= 0.3 is 0 Å². The zero-order chi connectivity index (χ0) is 17.3. The second kappa shape index (κ2) is 7.73. The molecule has 3 nitrogen and oxygen atoms in total. The Morgan fingerprint density at radius 1 is 1.24 bits per heavy atom. The summed E-state index contributed by atoms with van der Waals surface area (Å²) >= 11 is 5.87. The average molecular weight is 383 g/mol. The van der Waals surface area contributed by atoms with Crippen molar-refractivity contribution in [1.82, 2.24) is 4.90 Å². The average Bonchev–Trinajstić information content (AvgIpc) is 2.98. The molecule has 2 N–H and O–H groups in total. The molecule has 2 aromatic carbocycles. The van der Waals surface area contributed by atoms with E-state index in [1.54, 1.807) is 29.2 Å². The second-order valence-corrected chi connectivity index (χ2v) is 7.13. The van der Waals surface area contributed by atoms with Crippen molar-refractivity contribution in [3.8, 4) is 11.1 Å². The van der Waals surface area contributed by atoms with Crippen molar-refractivity contribution in [2.75, 3.05) is 19.6 Å². The first-order chi connectivity index (χ1) is 11.4. The second-order valence-electron chi connectivity index (χ2n) is 6.69. The van der Waals surface area contributed by atoms with Crippen LogP contribution in [0.25, 0.3) is 11.1 Å². The highest BCUT2D eigenvalue weighted by molar-refractivity contribution is 6.30. The third kappa shape index (κ3) is 4.14. The number of nitrogens with zero attached hydrogens (tertiary/aromatic N) is 1. The Labute approximate surface area is 158 Å². The van der Waals surface area contributed by atoms with Gasteiger partial charge in [0.15, 0.2) is 0 Å². The summed E-state index contributed by atoms with van der Waals surface area (Å²) in [7, 11) is 0. The zero-order valence-corrected chi connectivity index (χ0v) is 15.5. The predicted molar refractivity (Wildman–Crippen MR) is 102 cm³/mol. The van der Waals surface area contributed by atoms with Crippen LogP contribution in [0.1, 0.15) is 23.7 Å². The number of hydrogen-bond acceptors (Lipinski definition) is 2. The van der Waals surface area contributed by atoms with Crippen molar-refractivity contribution in [1.29, 1.82) is 0 Å². The number of carbonyl (C=O) groups excluding carboxylic acids is 1. The number of amides is 1. The fraction of sp³-hybridized carbons (Fsp3) is 0.316. The van der Waals surface area contributed by atoms with E-state index in [-0.39, 0.29) is 29.3 Å². The van der Waals surface area contributed by atoms with Gasteiger partial charge in [0.05, 0.1) is 5.56 Å². The maximum atomic E-state index is 14.5. The van der Waals surface area contributed by atoms with E-state index in [0.29, 0.717) is 30.2 Å². The van der Waals surface area contributed by atoms with E-state index in [4.69, 9.17) is 17.3 Å². The Balaban J connectivity index is 0.00000225. The molecule has 0 aromatic heterocycles. The van der Waals surface area contributed by atoms with E-state index in [9.17, 15) is 9.18 Å². The maximum absolute atomic E-state index is 14.5. The topological polar surface area (TPSA) is 46.3 Å². The molecule has 134 valence electrons. The van der Waals surface area contributed by atoms with E-state index in [1.807, 2.05) is 12.1 Å². The standard InChI is InChI=1S/C19H20ClFN2O.ClH/c1-19(11-22)8-9-23(12-19)18(24)16-7-4-14(10-17(16)21)13-2-5-15(20)6-3-13;/h2-7,10H,8-9,11-12,22H2,1H3;1H. The summed E-state index contributed by atoms with van der Waals surface area (Å²) in [6.07, 6.45) is 0.847. The lowest BCUT2D eigenvalue weighted by molar-refractivity contribution is 0.0772. The molecule has 1 fully saturated rings. The lowest BCUT2D eigenvalue weighted by Crippen LogP contribution is -2.34. The molecule has 1 aliphatic heterocycles. The molecule has 3 rings (SSSR count). The summed E-state index contributed by atoms with van der Waals surface area (Å²) in [5.74, 6) is -0.777. The van der Waals surface area contributed by atoms with Crippen LogP contribution in [0.2, 0.25) is 5.02 Å². The summed E-state index contributed by atoms with van der Waals surface area (Å²) in [5, 5.41) is 0.628. The number of benzene rings is 2. The first kappa shape index (κ1) is 19.7. The molecule has 1 heterocycles. The minimum Gasteiger partial charge on any atom is -0.338 e. The van der Waals surface area contributed by atoms with Crippen molar-refractivity contribution in [3.05, 3.63) is 58.9 Å². The number of likely N-dealkylation sites (tertiary alicyclic amines) is 1. The van der Waals surface area contributed by atoms with Gasteiger partial charge in [-0.3, -0.25) is 4.79 Å². The van der Waals surface area contributed by atoms with E-state index in [1.165, 1.54) is 6.07 Å². The molecule has 1 atom stereocenters. The first-order valence-corrected chi connectivity index (χ1v) is 8.34. The van der Waals surface area contributed by atoms with Crippen LogP contribution in [-0.2, 0) is 0 Å². The van der Waals surface area contributed by atoms with Crippen LogP contribution in [0.15, 0.2) is 42.5 Å². The largest absolute Gasteiger partial charge is 0.338 e. The quantitative estimate of drug-likeness (QED) is 0.855. The van der Waals surface area contributed by atoms with Gasteiger partial charge in [-0.05, 0) is 53.8 Å². The summed E-state index contributed by atoms with van der Waals surface area (Å²) in [6, 6.07) is 11.9. The van der Waals surface area contributed by atoms with Gasteiger partial charge in [-0.15, -0.1) is 12.4 Å². The monoisotopic (exact) mass is 382 g/mol. The van der Waals surface area contributed by atoms with Gasteiger partial charge in [0.2, 0.25) is 0 Å². The highest BCUT2D eigenvalue weighted by Gasteiger charge is 2.35.